The van der Waals surface area contributed by atoms with Gasteiger partial charge in [0.2, 0.25) is 5.76 Å². The molecule has 2 rings (SSSR count). The third-order valence-corrected chi connectivity index (χ3v) is 6.86. The van der Waals surface area contributed by atoms with Gasteiger partial charge in [-0.3, -0.25) is 9.79 Å². The Morgan fingerprint density at radius 2 is 1.52 bits per heavy atom. The largest absolute Gasteiger partial charge is 0.496 e. The van der Waals surface area contributed by atoms with Gasteiger partial charge in [-0.1, -0.05) is 47.6 Å². The van der Waals surface area contributed by atoms with Crippen LogP contribution in [0, 0.1) is 0 Å². The molecule has 1 N–H and O–H groups in total. The number of hydrogen-bond acceptors (Lipinski definition) is 9. The second-order valence-corrected chi connectivity index (χ2v) is 10.2. The molecule has 0 heterocycles. The fourth-order valence-electron chi connectivity index (χ4n) is 4.18. The first-order valence-corrected chi connectivity index (χ1v) is 13.9. The summed E-state index contributed by atoms with van der Waals surface area (Å²) in [6.45, 7) is 9.76. The van der Waals surface area contributed by atoms with Crippen LogP contribution in [-0.4, -0.2) is 57.1 Å². The molecule has 0 fully saturated rings. The Bertz CT molecular complexity index is 1340. The minimum atomic E-state index is -0.938. The number of nitrogens with zero attached hydrogens (tertiary/aromatic N) is 1. The Hall–Kier alpha value is -3.60. The number of ether oxygens (including phenoxy) is 5. The number of carbonyl (C=O) groups excluding carboxylic acids is 2. The van der Waals surface area contributed by atoms with Crippen LogP contribution in [0.1, 0.15) is 44.7 Å². The monoisotopic (exact) mass is 636 g/mol. The average Bonchev–Trinajstić information content (AvgIpc) is 2.94. The Balaban J connectivity index is 2.44. The summed E-state index contributed by atoms with van der Waals surface area (Å²) < 4.78 is 27.8. The molecule has 0 aromatic heterocycles. The zero-order valence-electron chi connectivity index (χ0n) is 24.4. The molecule has 0 unspecified atom stereocenters. The van der Waals surface area contributed by atoms with Crippen LogP contribution in [0.4, 0.5) is 0 Å². The van der Waals surface area contributed by atoms with Gasteiger partial charge in [-0.15, -0.1) is 0 Å². The maximum absolute atomic E-state index is 13.3. The molecule has 2 atom stereocenters. The number of aliphatic imine (C=N–C) groups is 1. The molecule has 0 saturated heterocycles. The second-order valence-electron chi connectivity index (χ2n) is 8.87. The van der Waals surface area contributed by atoms with Crippen molar-refractivity contribution in [2.24, 2.45) is 4.99 Å². The van der Waals surface area contributed by atoms with Crippen molar-refractivity contribution in [3.8, 4) is 11.5 Å². The molecule has 0 aliphatic carbocycles. The molecule has 226 valence electrons. The first kappa shape index (κ1) is 34.6. The lowest BCUT2D eigenvalue weighted by atomic mass is 9.86. The molecule has 2 aromatic carbocycles. The molecular formula is C30H34Cl2N2O7S. The highest BCUT2D eigenvalue weighted by molar-refractivity contribution is 7.80. The quantitative estimate of drug-likeness (QED) is 0.0667. The minimum Gasteiger partial charge on any atom is -0.496 e. The van der Waals surface area contributed by atoms with Crippen LogP contribution < -0.4 is 14.8 Å². The van der Waals surface area contributed by atoms with Crippen LogP contribution in [0.2, 0.25) is 10.0 Å². The van der Waals surface area contributed by atoms with Crippen LogP contribution >= 0.6 is 35.4 Å². The number of methoxy groups -OCH3 is 3. The van der Waals surface area contributed by atoms with Crippen molar-refractivity contribution in [1.29, 1.82) is 0 Å². The van der Waals surface area contributed by atoms with Crippen LogP contribution in [0.15, 0.2) is 64.7 Å². The van der Waals surface area contributed by atoms with Gasteiger partial charge in [0.25, 0.3) is 0 Å². The van der Waals surface area contributed by atoms with E-state index >= 15 is 0 Å². The van der Waals surface area contributed by atoms with E-state index in [1.54, 1.807) is 63.2 Å². The van der Waals surface area contributed by atoms with Crippen molar-refractivity contribution in [3.05, 3.63) is 80.9 Å². The van der Waals surface area contributed by atoms with E-state index < -0.39 is 30.0 Å². The summed E-state index contributed by atoms with van der Waals surface area (Å²) in [5.74, 6) is -0.604. The lowest BCUT2D eigenvalue weighted by Gasteiger charge is -2.29. The molecule has 0 aliphatic rings. The number of halogens is 2. The first-order chi connectivity index (χ1) is 19.9. The Labute approximate surface area is 261 Å². The first-order valence-electron chi connectivity index (χ1n) is 12.7. The van der Waals surface area contributed by atoms with E-state index in [-0.39, 0.29) is 22.2 Å². The van der Waals surface area contributed by atoms with Gasteiger partial charge in [0.15, 0.2) is 5.76 Å². The second kappa shape index (κ2) is 16.1. The highest BCUT2D eigenvalue weighted by Crippen LogP contribution is 2.41. The normalized spacial score (nSPS) is 13.3. The van der Waals surface area contributed by atoms with Crippen LogP contribution in [-0.2, 0) is 23.8 Å². The summed E-state index contributed by atoms with van der Waals surface area (Å²) in [7, 11) is 4.46. The molecule has 42 heavy (non-hydrogen) atoms. The Morgan fingerprint density at radius 3 is 1.93 bits per heavy atom. The van der Waals surface area contributed by atoms with E-state index in [4.69, 9.17) is 59.1 Å². The molecular weight excluding hydrogens is 603 g/mol. The van der Waals surface area contributed by atoms with E-state index in [2.05, 4.69) is 17.0 Å². The van der Waals surface area contributed by atoms with Gasteiger partial charge in [-0.05, 0) is 57.8 Å². The number of esters is 2. The molecule has 0 aliphatic heterocycles. The zero-order valence-corrected chi connectivity index (χ0v) is 26.8. The Morgan fingerprint density at radius 1 is 1.00 bits per heavy atom. The summed E-state index contributed by atoms with van der Waals surface area (Å²) >= 11 is 17.9. The molecule has 0 radical (unpaired) electrons. The maximum atomic E-state index is 13.3. The molecule has 0 saturated carbocycles. The van der Waals surface area contributed by atoms with Gasteiger partial charge in [0, 0.05) is 28.1 Å². The van der Waals surface area contributed by atoms with Gasteiger partial charge < -0.3 is 29.0 Å². The standard InChI is InChI=1S/C30H34Cl2N2O7S/c1-9-23(37-6)28(41-18(4)35)27(33-5)29(42)34-16(2)30(36)40-17(3)26(21-12-10-19(31)14-24(21)38-7)22-13-11-20(32)15-25(22)39-8/h9-17,26H,5H2,1-4,6-8H3,(H,34,42)/b23-9+,28-27+/t16-,17-/m0/s1. The molecule has 2 aromatic rings. The van der Waals surface area contributed by atoms with Crippen molar-refractivity contribution >= 4 is 59.1 Å². The number of thiocarbonyl (C=S) groups is 1. The SMILES string of the molecule is C=N/C(C(=S)N[C@@H](C)C(=O)O[C@@H](C)C(c1ccc(Cl)cc1OC)c1ccc(Cl)cc1OC)=C(OC(C)=O)\C(=C/C)OC. The minimum absolute atomic E-state index is 0.00922. The average molecular weight is 638 g/mol. The Kier molecular flexibility index (Phi) is 13.3. The van der Waals surface area contributed by atoms with Crippen molar-refractivity contribution in [1.82, 2.24) is 5.32 Å². The number of allylic oxidation sites excluding steroid dienone is 1. The topological polar surface area (TPSA) is 105 Å². The van der Waals surface area contributed by atoms with Gasteiger partial charge in [0.05, 0.1) is 27.2 Å². The van der Waals surface area contributed by atoms with E-state index in [0.29, 0.717) is 32.7 Å². The van der Waals surface area contributed by atoms with Crippen molar-refractivity contribution in [3.63, 3.8) is 0 Å². The highest BCUT2D eigenvalue weighted by Gasteiger charge is 2.32. The predicted octanol–water partition coefficient (Wildman–Crippen LogP) is 6.41. The van der Waals surface area contributed by atoms with E-state index in [0.717, 1.165) is 0 Å². The third-order valence-electron chi connectivity index (χ3n) is 6.07. The predicted molar refractivity (Wildman–Crippen MR) is 168 cm³/mol. The fraction of sp³-hybridized carbons (Fsp3) is 0.333. The summed E-state index contributed by atoms with van der Waals surface area (Å²) in [5, 5.41) is 3.84. The van der Waals surface area contributed by atoms with E-state index in [1.807, 2.05) is 0 Å². The van der Waals surface area contributed by atoms with Crippen molar-refractivity contribution < 1.29 is 33.3 Å². The number of hydrogen-bond donors (Lipinski definition) is 1. The summed E-state index contributed by atoms with van der Waals surface area (Å²) in [5.41, 5.74) is 1.44. The lowest BCUT2D eigenvalue weighted by molar-refractivity contribution is -0.150. The summed E-state index contributed by atoms with van der Waals surface area (Å²) in [4.78, 5) is 29.0. The van der Waals surface area contributed by atoms with E-state index in [9.17, 15) is 9.59 Å². The summed E-state index contributed by atoms with van der Waals surface area (Å²) in [6.07, 6.45) is 0.842. The molecule has 12 heteroatoms. The summed E-state index contributed by atoms with van der Waals surface area (Å²) in [6, 6.07) is 9.48. The number of nitrogens with one attached hydrogen (secondary N) is 1. The number of benzene rings is 2. The number of rotatable bonds is 13. The highest BCUT2D eigenvalue weighted by atomic mass is 35.5. The van der Waals surface area contributed by atoms with Gasteiger partial charge in [-0.25, -0.2) is 4.79 Å². The molecule has 0 amide bonds. The third kappa shape index (κ3) is 8.70. The van der Waals surface area contributed by atoms with Crippen LogP contribution in [0.3, 0.4) is 0 Å². The van der Waals surface area contributed by atoms with Crippen LogP contribution in [0.25, 0.3) is 0 Å². The molecule has 9 nitrogen and oxygen atoms in total. The zero-order chi connectivity index (χ0) is 31.6. The number of carbonyl (C=O) groups is 2. The van der Waals surface area contributed by atoms with Crippen LogP contribution in [0.5, 0.6) is 11.5 Å². The van der Waals surface area contributed by atoms with E-state index in [1.165, 1.54) is 28.3 Å². The smallest absolute Gasteiger partial charge is 0.328 e. The van der Waals surface area contributed by atoms with Gasteiger partial charge in [0.1, 0.15) is 34.3 Å². The lowest BCUT2D eigenvalue weighted by Crippen LogP contribution is -2.41. The fourth-order valence-corrected chi connectivity index (χ4v) is 4.84. The molecule has 0 bridgehead atoms. The van der Waals surface area contributed by atoms with Crippen molar-refractivity contribution in [2.45, 2.75) is 45.8 Å². The van der Waals surface area contributed by atoms with Crippen molar-refractivity contribution in [2.75, 3.05) is 21.3 Å². The maximum Gasteiger partial charge on any atom is 0.328 e. The van der Waals surface area contributed by atoms with Gasteiger partial charge in [-0.2, -0.15) is 0 Å². The van der Waals surface area contributed by atoms with Gasteiger partial charge >= 0.3 is 11.9 Å². The molecule has 0 spiro atoms.